The number of para-hydroxylation sites is 1. The van der Waals surface area contributed by atoms with Gasteiger partial charge in [-0.1, -0.05) is 12.1 Å². The van der Waals surface area contributed by atoms with Crippen LogP contribution in [0.4, 0.5) is 0 Å². The van der Waals surface area contributed by atoms with E-state index in [4.69, 9.17) is 0 Å². The zero-order valence-electron chi connectivity index (χ0n) is 10.9. The summed E-state index contributed by atoms with van der Waals surface area (Å²) in [5.41, 5.74) is 1.92. The Balaban J connectivity index is 1.59. The van der Waals surface area contributed by atoms with Crippen LogP contribution in [0.3, 0.4) is 0 Å². The third-order valence-electron chi connectivity index (χ3n) is 3.68. The van der Waals surface area contributed by atoms with E-state index in [2.05, 4.69) is 20.6 Å². The summed E-state index contributed by atoms with van der Waals surface area (Å²) >= 11 is 1.65. The lowest BCUT2D eigenvalue weighted by Crippen LogP contribution is -2.08. The van der Waals surface area contributed by atoms with E-state index in [-0.39, 0.29) is 0 Å². The number of aliphatic hydroxyl groups excluding tert-OH is 1. The Bertz CT molecular complexity index is 711. The number of rotatable bonds is 4. The van der Waals surface area contributed by atoms with Gasteiger partial charge >= 0.3 is 0 Å². The normalized spacial score (nSPS) is 16.6. The Labute approximate surface area is 120 Å². The van der Waals surface area contributed by atoms with Crippen LogP contribution in [0.25, 0.3) is 10.2 Å². The lowest BCUT2D eigenvalue weighted by atomic mass is 10.2. The fourth-order valence-corrected chi connectivity index (χ4v) is 3.51. The number of benzene rings is 1. The standard InChI is InChI=1S/C15H15N3OS/c19-13(12-8-16-9-18(12)10-5-6-10)7-15-17-11-3-1-2-4-14(11)20-15/h1-4,8-10,13,19H,5-7H2. The van der Waals surface area contributed by atoms with Crippen LogP contribution >= 0.6 is 11.3 Å². The highest BCUT2D eigenvalue weighted by Crippen LogP contribution is 2.37. The summed E-state index contributed by atoms with van der Waals surface area (Å²) in [6.45, 7) is 0. The molecular weight excluding hydrogens is 270 g/mol. The number of aromatic nitrogens is 3. The topological polar surface area (TPSA) is 50.9 Å². The van der Waals surface area contributed by atoms with Gasteiger partial charge in [0.2, 0.25) is 0 Å². The molecule has 5 heteroatoms. The van der Waals surface area contributed by atoms with Crippen LogP contribution in [0.1, 0.15) is 35.7 Å². The van der Waals surface area contributed by atoms with Gasteiger partial charge in [-0.25, -0.2) is 9.97 Å². The summed E-state index contributed by atoms with van der Waals surface area (Å²) in [5.74, 6) is 0. The summed E-state index contributed by atoms with van der Waals surface area (Å²) in [7, 11) is 0. The number of hydrogen-bond donors (Lipinski definition) is 1. The first-order valence-electron chi connectivity index (χ1n) is 6.85. The van der Waals surface area contributed by atoms with Crippen molar-refractivity contribution in [1.29, 1.82) is 0 Å². The molecule has 1 unspecified atom stereocenters. The molecule has 4 nitrogen and oxygen atoms in total. The average Bonchev–Trinajstić information content (AvgIpc) is 3.03. The molecule has 1 aliphatic rings. The molecule has 0 aliphatic heterocycles. The quantitative estimate of drug-likeness (QED) is 0.801. The number of imidazole rings is 1. The second kappa shape index (κ2) is 4.68. The minimum atomic E-state index is -0.529. The molecule has 2 heterocycles. The molecule has 20 heavy (non-hydrogen) atoms. The van der Waals surface area contributed by atoms with Crippen molar-refractivity contribution in [1.82, 2.24) is 14.5 Å². The van der Waals surface area contributed by atoms with Crippen molar-refractivity contribution in [3.05, 3.63) is 47.5 Å². The van der Waals surface area contributed by atoms with E-state index < -0.39 is 6.10 Å². The fourth-order valence-electron chi connectivity index (χ4n) is 2.51. The Hall–Kier alpha value is -1.72. The molecule has 0 amide bonds. The van der Waals surface area contributed by atoms with Crippen molar-refractivity contribution in [3.63, 3.8) is 0 Å². The molecule has 0 radical (unpaired) electrons. The fraction of sp³-hybridized carbons (Fsp3) is 0.333. The van der Waals surface area contributed by atoms with Gasteiger partial charge in [0.05, 0.1) is 33.4 Å². The molecule has 102 valence electrons. The molecule has 2 aromatic heterocycles. The smallest absolute Gasteiger partial charge is 0.102 e. The number of nitrogens with zero attached hydrogens (tertiary/aromatic N) is 3. The van der Waals surface area contributed by atoms with Gasteiger partial charge in [-0.3, -0.25) is 0 Å². The largest absolute Gasteiger partial charge is 0.386 e. The molecule has 3 aromatic rings. The average molecular weight is 285 g/mol. The summed E-state index contributed by atoms with van der Waals surface area (Å²) in [6, 6.07) is 8.62. The van der Waals surface area contributed by atoms with Crippen molar-refractivity contribution in [2.45, 2.75) is 31.4 Å². The molecule has 4 rings (SSSR count). The van der Waals surface area contributed by atoms with Gasteiger partial charge in [-0.05, 0) is 25.0 Å². The van der Waals surface area contributed by atoms with E-state index in [9.17, 15) is 5.11 Å². The maximum atomic E-state index is 10.5. The lowest BCUT2D eigenvalue weighted by Gasteiger charge is -2.11. The third kappa shape index (κ3) is 2.13. The van der Waals surface area contributed by atoms with Gasteiger partial charge in [-0.2, -0.15) is 0 Å². The predicted octanol–water partition coefficient (Wildman–Crippen LogP) is 3.10. The molecule has 1 fully saturated rings. The number of hydrogen-bond acceptors (Lipinski definition) is 4. The lowest BCUT2D eigenvalue weighted by molar-refractivity contribution is 0.168. The van der Waals surface area contributed by atoms with Gasteiger partial charge in [0.1, 0.15) is 6.10 Å². The first kappa shape index (κ1) is 12.1. The van der Waals surface area contributed by atoms with E-state index in [1.807, 2.05) is 24.5 Å². The molecule has 1 aromatic carbocycles. The van der Waals surface area contributed by atoms with Crippen molar-refractivity contribution in [3.8, 4) is 0 Å². The maximum Gasteiger partial charge on any atom is 0.102 e. The van der Waals surface area contributed by atoms with Crippen molar-refractivity contribution < 1.29 is 5.11 Å². The highest BCUT2D eigenvalue weighted by atomic mass is 32.1. The van der Waals surface area contributed by atoms with Gasteiger partial charge < -0.3 is 9.67 Å². The number of fused-ring (bicyclic) bond motifs is 1. The summed E-state index contributed by atoms with van der Waals surface area (Å²) in [4.78, 5) is 8.76. The van der Waals surface area contributed by atoms with Gasteiger partial charge in [0, 0.05) is 12.5 Å². The second-order valence-corrected chi connectivity index (χ2v) is 6.37. The van der Waals surface area contributed by atoms with Crippen LogP contribution in [-0.4, -0.2) is 19.6 Å². The second-order valence-electron chi connectivity index (χ2n) is 5.25. The highest BCUT2D eigenvalue weighted by Gasteiger charge is 2.27. The summed E-state index contributed by atoms with van der Waals surface area (Å²) in [6.07, 6.45) is 6.01. The zero-order chi connectivity index (χ0) is 13.5. The molecule has 0 spiro atoms. The molecular formula is C15H15N3OS. The van der Waals surface area contributed by atoms with Crippen LogP contribution < -0.4 is 0 Å². The van der Waals surface area contributed by atoms with Gasteiger partial charge in [0.15, 0.2) is 0 Å². The Morgan fingerprint density at radius 1 is 1.35 bits per heavy atom. The van der Waals surface area contributed by atoms with Gasteiger partial charge in [0.25, 0.3) is 0 Å². The first-order valence-corrected chi connectivity index (χ1v) is 7.67. The van der Waals surface area contributed by atoms with Crippen LogP contribution in [0.2, 0.25) is 0 Å². The Morgan fingerprint density at radius 3 is 3.00 bits per heavy atom. The van der Waals surface area contributed by atoms with E-state index >= 15 is 0 Å². The predicted molar refractivity (Wildman–Crippen MR) is 78.8 cm³/mol. The van der Waals surface area contributed by atoms with Crippen LogP contribution in [0.5, 0.6) is 0 Å². The minimum Gasteiger partial charge on any atom is -0.386 e. The highest BCUT2D eigenvalue weighted by molar-refractivity contribution is 7.18. The third-order valence-corrected chi connectivity index (χ3v) is 4.74. The number of thiazole rings is 1. The number of aliphatic hydroxyl groups is 1. The van der Waals surface area contributed by atoms with Crippen molar-refractivity contribution >= 4 is 21.6 Å². The van der Waals surface area contributed by atoms with Crippen molar-refractivity contribution in [2.24, 2.45) is 0 Å². The molecule has 1 saturated carbocycles. The molecule has 1 aliphatic carbocycles. The van der Waals surface area contributed by atoms with Gasteiger partial charge in [-0.15, -0.1) is 11.3 Å². The first-order chi connectivity index (χ1) is 9.81. The van der Waals surface area contributed by atoms with E-state index in [1.54, 1.807) is 17.5 Å². The van der Waals surface area contributed by atoms with Crippen LogP contribution in [-0.2, 0) is 6.42 Å². The maximum absolute atomic E-state index is 10.5. The Kier molecular flexibility index (Phi) is 2.82. The van der Waals surface area contributed by atoms with E-state index in [1.165, 1.54) is 17.5 Å². The SMILES string of the molecule is OC(Cc1nc2ccccc2s1)c1cncn1C1CC1. The molecule has 0 saturated heterocycles. The van der Waals surface area contributed by atoms with Crippen LogP contribution in [0.15, 0.2) is 36.8 Å². The van der Waals surface area contributed by atoms with Crippen LogP contribution in [0, 0.1) is 0 Å². The molecule has 0 bridgehead atoms. The summed E-state index contributed by atoms with van der Waals surface area (Å²) < 4.78 is 3.28. The van der Waals surface area contributed by atoms with E-state index in [0.717, 1.165) is 16.2 Å². The Morgan fingerprint density at radius 2 is 2.20 bits per heavy atom. The summed E-state index contributed by atoms with van der Waals surface area (Å²) in [5, 5.41) is 11.4. The molecule has 1 atom stereocenters. The van der Waals surface area contributed by atoms with Crippen molar-refractivity contribution in [2.75, 3.05) is 0 Å². The molecule has 1 N–H and O–H groups in total. The monoisotopic (exact) mass is 285 g/mol. The zero-order valence-corrected chi connectivity index (χ0v) is 11.8. The van der Waals surface area contributed by atoms with E-state index in [0.29, 0.717) is 12.5 Å². The minimum absolute atomic E-state index is 0.529.